The third-order valence-electron chi connectivity index (χ3n) is 4.59. The zero-order valence-electron chi connectivity index (χ0n) is 14.6. The lowest BCUT2D eigenvalue weighted by Crippen LogP contribution is -2.17. The number of rotatable bonds is 5. The highest BCUT2D eigenvalue weighted by Crippen LogP contribution is 2.58. The third kappa shape index (κ3) is 3.45. The van der Waals surface area contributed by atoms with E-state index in [1.807, 2.05) is 11.4 Å². The molecule has 7 nitrogen and oxygen atoms in total. The number of benzene rings is 1. The number of hydrogen-bond acceptors (Lipinski definition) is 5. The van der Waals surface area contributed by atoms with Crippen LogP contribution in [0.25, 0.3) is 11.3 Å². The minimum absolute atomic E-state index is 0.188. The van der Waals surface area contributed by atoms with Crippen molar-refractivity contribution in [1.29, 1.82) is 0 Å². The van der Waals surface area contributed by atoms with Gasteiger partial charge in [0.1, 0.15) is 0 Å². The van der Waals surface area contributed by atoms with Gasteiger partial charge in [-0.1, -0.05) is 26.0 Å². The van der Waals surface area contributed by atoms with Gasteiger partial charge in [-0.3, -0.25) is 14.4 Å². The second-order valence-corrected chi connectivity index (χ2v) is 7.76. The molecule has 1 saturated carbocycles. The minimum Gasteiger partial charge on any atom is -0.481 e. The number of nitrogens with zero attached hydrogens (tertiary/aromatic N) is 1. The smallest absolute Gasteiger partial charge is 0.307 e. The summed E-state index contributed by atoms with van der Waals surface area (Å²) in [5.74, 6) is -2.64. The number of aromatic nitrogens is 1. The predicted octanol–water partition coefficient (Wildman–Crippen LogP) is 3.06. The SMILES string of the molecule is CC(=O)Nc1nc(-c2cccc(NC(=O)[C@H]3[C@@H](C(=O)O)C3(C)C)c2)cs1. The number of thiazole rings is 1. The van der Waals surface area contributed by atoms with Gasteiger partial charge in [0, 0.05) is 23.6 Å². The minimum atomic E-state index is -0.947. The maximum absolute atomic E-state index is 12.4. The van der Waals surface area contributed by atoms with Crippen molar-refractivity contribution in [2.75, 3.05) is 10.6 Å². The number of hydrogen-bond donors (Lipinski definition) is 3. The molecule has 1 heterocycles. The van der Waals surface area contributed by atoms with E-state index in [9.17, 15) is 19.5 Å². The lowest BCUT2D eigenvalue weighted by atomic mass is 10.1. The Kier molecular flexibility index (Phi) is 4.53. The highest BCUT2D eigenvalue weighted by atomic mass is 32.1. The van der Waals surface area contributed by atoms with Crippen molar-refractivity contribution in [1.82, 2.24) is 4.98 Å². The molecule has 0 saturated heterocycles. The van der Waals surface area contributed by atoms with Crippen molar-refractivity contribution >= 4 is 39.9 Å². The van der Waals surface area contributed by atoms with Crippen molar-refractivity contribution in [3.8, 4) is 11.3 Å². The van der Waals surface area contributed by atoms with Gasteiger partial charge in [0.05, 0.1) is 17.5 Å². The first-order chi connectivity index (χ1) is 12.2. The van der Waals surface area contributed by atoms with E-state index >= 15 is 0 Å². The number of aliphatic carboxylic acids is 1. The van der Waals surface area contributed by atoms with Crippen molar-refractivity contribution in [3.63, 3.8) is 0 Å². The van der Waals surface area contributed by atoms with Gasteiger partial charge in [-0.2, -0.15) is 0 Å². The molecule has 2 amide bonds. The topological polar surface area (TPSA) is 108 Å². The molecular formula is C18H19N3O4S. The van der Waals surface area contributed by atoms with Crippen molar-refractivity contribution in [2.45, 2.75) is 20.8 Å². The summed E-state index contributed by atoms with van der Waals surface area (Å²) in [6.45, 7) is 4.98. The van der Waals surface area contributed by atoms with Gasteiger partial charge in [0.15, 0.2) is 5.13 Å². The molecule has 0 radical (unpaired) electrons. The van der Waals surface area contributed by atoms with Crippen molar-refractivity contribution in [3.05, 3.63) is 29.6 Å². The molecule has 8 heteroatoms. The number of anilines is 2. The normalized spacial score (nSPS) is 20.3. The van der Waals surface area contributed by atoms with E-state index in [4.69, 9.17) is 0 Å². The number of carbonyl (C=O) groups is 3. The first-order valence-corrected chi connectivity index (χ1v) is 8.95. The van der Waals surface area contributed by atoms with Gasteiger partial charge < -0.3 is 15.7 Å². The molecule has 0 aliphatic heterocycles. The molecular weight excluding hydrogens is 354 g/mol. The number of carboxylic acids is 1. The van der Waals surface area contributed by atoms with E-state index in [2.05, 4.69) is 15.6 Å². The van der Waals surface area contributed by atoms with Crippen LogP contribution in [0, 0.1) is 17.3 Å². The van der Waals surface area contributed by atoms with Gasteiger partial charge in [0.2, 0.25) is 11.8 Å². The number of carboxylic acid groups (broad SMARTS) is 1. The van der Waals surface area contributed by atoms with Crippen LogP contribution < -0.4 is 10.6 Å². The highest BCUT2D eigenvalue weighted by molar-refractivity contribution is 7.14. The van der Waals surface area contributed by atoms with Gasteiger partial charge in [-0.05, 0) is 17.5 Å². The number of carbonyl (C=O) groups excluding carboxylic acids is 2. The largest absolute Gasteiger partial charge is 0.481 e. The molecule has 1 aromatic carbocycles. The molecule has 3 N–H and O–H groups in total. The molecule has 0 unspecified atom stereocenters. The summed E-state index contributed by atoms with van der Waals surface area (Å²) >= 11 is 1.31. The molecule has 136 valence electrons. The average molecular weight is 373 g/mol. The van der Waals surface area contributed by atoms with Crippen LogP contribution in [0.2, 0.25) is 0 Å². The molecule has 0 spiro atoms. The Balaban J connectivity index is 1.74. The molecule has 3 rings (SSSR count). The fourth-order valence-electron chi connectivity index (χ4n) is 3.18. The standard InChI is InChI=1S/C18H19N3O4S/c1-9(22)19-17-21-12(8-26-17)10-5-4-6-11(7-10)20-15(23)13-14(16(24)25)18(13,2)3/h4-8,13-14H,1-3H3,(H,20,23)(H,24,25)(H,19,21,22)/t13-,14+/m1/s1. The quantitative estimate of drug-likeness (QED) is 0.746. The number of nitrogens with one attached hydrogen (secondary N) is 2. The summed E-state index contributed by atoms with van der Waals surface area (Å²) < 4.78 is 0. The Morgan fingerprint density at radius 1 is 1.19 bits per heavy atom. The Bertz CT molecular complexity index is 890. The lowest BCUT2D eigenvalue weighted by Gasteiger charge is -2.07. The second-order valence-electron chi connectivity index (χ2n) is 6.90. The Labute approximate surface area is 154 Å². The molecule has 1 aliphatic rings. The summed E-state index contributed by atoms with van der Waals surface area (Å²) in [6, 6.07) is 7.15. The van der Waals surface area contributed by atoms with Gasteiger partial charge in [-0.25, -0.2) is 4.98 Å². The first kappa shape index (κ1) is 18.1. The van der Waals surface area contributed by atoms with Crippen LogP contribution in [0.4, 0.5) is 10.8 Å². The molecule has 26 heavy (non-hydrogen) atoms. The Morgan fingerprint density at radius 2 is 1.92 bits per heavy atom. The summed E-state index contributed by atoms with van der Waals surface area (Å²) in [5.41, 5.74) is 1.51. The van der Waals surface area contributed by atoms with Crippen LogP contribution in [-0.2, 0) is 14.4 Å². The summed E-state index contributed by atoms with van der Waals surface area (Å²) in [4.78, 5) is 39.1. The van der Waals surface area contributed by atoms with E-state index in [1.54, 1.807) is 32.0 Å². The van der Waals surface area contributed by atoms with E-state index in [0.29, 0.717) is 16.5 Å². The van der Waals surface area contributed by atoms with Gasteiger partial charge >= 0.3 is 5.97 Å². The van der Waals surface area contributed by atoms with Gasteiger partial charge in [0.25, 0.3) is 0 Å². The first-order valence-electron chi connectivity index (χ1n) is 8.07. The molecule has 0 bridgehead atoms. The zero-order chi connectivity index (χ0) is 19.1. The third-order valence-corrected chi connectivity index (χ3v) is 5.35. The predicted molar refractivity (Wildman–Crippen MR) is 98.9 cm³/mol. The Hall–Kier alpha value is -2.74. The van der Waals surface area contributed by atoms with E-state index in [1.165, 1.54) is 18.3 Å². The molecule has 1 fully saturated rings. The molecule has 1 aliphatic carbocycles. The monoisotopic (exact) mass is 373 g/mol. The van der Waals surface area contributed by atoms with Crippen LogP contribution in [0.1, 0.15) is 20.8 Å². The average Bonchev–Trinajstić information content (AvgIpc) is 2.88. The molecule has 1 aromatic heterocycles. The fourth-order valence-corrected chi connectivity index (χ4v) is 3.94. The van der Waals surface area contributed by atoms with Crippen LogP contribution in [0.3, 0.4) is 0 Å². The number of amides is 2. The Morgan fingerprint density at radius 3 is 2.54 bits per heavy atom. The van der Waals surface area contributed by atoms with Crippen LogP contribution >= 0.6 is 11.3 Å². The maximum Gasteiger partial charge on any atom is 0.307 e. The van der Waals surface area contributed by atoms with Crippen LogP contribution in [0.5, 0.6) is 0 Å². The lowest BCUT2D eigenvalue weighted by molar-refractivity contribution is -0.140. The summed E-state index contributed by atoms with van der Waals surface area (Å²) in [5, 5.41) is 17.0. The summed E-state index contributed by atoms with van der Waals surface area (Å²) in [6.07, 6.45) is 0. The van der Waals surface area contributed by atoms with Gasteiger partial charge in [-0.15, -0.1) is 11.3 Å². The van der Waals surface area contributed by atoms with Crippen molar-refractivity contribution < 1.29 is 19.5 Å². The van der Waals surface area contributed by atoms with Crippen molar-refractivity contribution in [2.24, 2.45) is 17.3 Å². The van der Waals surface area contributed by atoms with E-state index in [0.717, 1.165) is 5.56 Å². The molecule has 2 aromatic rings. The van der Waals surface area contributed by atoms with Crippen LogP contribution in [0.15, 0.2) is 29.6 Å². The second kappa shape index (κ2) is 6.53. The molecule has 2 atom stereocenters. The fraction of sp³-hybridized carbons (Fsp3) is 0.333. The van der Waals surface area contributed by atoms with E-state index < -0.39 is 23.2 Å². The highest BCUT2D eigenvalue weighted by Gasteiger charge is 2.65. The zero-order valence-corrected chi connectivity index (χ0v) is 15.4. The van der Waals surface area contributed by atoms with Crippen LogP contribution in [-0.4, -0.2) is 27.9 Å². The maximum atomic E-state index is 12.4. The van der Waals surface area contributed by atoms with E-state index in [-0.39, 0.29) is 11.8 Å². The summed E-state index contributed by atoms with van der Waals surface area (Å²) in [7, 11) is 0.